The molecule has 0 bridgehead atoms. The molecule has 174 valence electrons. The van der Waals surface area contributed by atoms with Gasteiger partial charge in [0.2, 0.25) is 0 Å². The fraction of sp³-hybridized carbons (Fsp3) is 0.185. The Morgan fingerprint density at radius 2 is 1.74 bits per heavy atom. The standard InChI is InChI=1S/C27H24FNO5/c1-15(2)16-7-10-19(11-8-16)29-24(17-5-4-6-20(30)13-17)23(26(32)27(29)33)25(31)21-14-18(28)9-12-22(21)34-3/h4-15,24,30-31H,1-3H3/b25-23+. The van der Waals surface area contributed by atoms with Gasteiger partial charge in [-0.1, -0.05) is 38.1 Å². The van der Waals surface area contributed by atoms with Crippen LogP contribution < -0.4 is 9.64 Å². The lowest BCUT2D eigenvalue weighted by Crippen LogP contribution is -2.29. The van der Waals surface area contributed by atoms with Crippen LogP contribution in [0.1, 0.15) is 42.5 Å². The van der Waals surface area contributed by atoms with Gasteiger partial charge in [-0.25, -0.2) is 4.39 Å². The quantitative estimate of drug-likeness (QED) is 0.306. The number of amides is 1. The van der Waals surface area contributed by atoms with Crippen LogP contribution in [-0.4, -0.2) is 29.0 Å². The highest BCUT2D eigenvalue weighted by molar-refractivity contribution is 6.51. The molecule has 3 aromatic carbocycles. The zero-order chi connectivity index (χ0) is 24.6. The number of carbonyl (C=O) groups excluding carboxylic acids is 2. The minimum absolute atomic E-state index is 0.0548. The Labute approximate surface area is 196 Å². The molecule has 34 heavy (non-hydrogen) atoms. The second kappa shape index (κ2) is 9.02. The van der Waals surface area contributed by atoms with Gasteiger partial charge in [-0.3, -0.25) is 14.5 Å². The number of aromatic hydroxyl groups is 1. The molecule has 1 aliphatic rings. The van der Waals surface area contributed by atoms with Crippen molar-refractivity contribution in [3.8, 4) is 11.5 Å². The Balaban J connectivity index is 1.96. The van der Waals surface area contributed by atoms with Crippen LogP contribution in [0.4, 0.5) is 10.1 Å². The molecule has 3 aromatic rings. The highest BCUT2D eigenvalue weighted by Crippen LogP contribution is 2.44. The summed E-state index contributed by atoms with van der Waals surface area (Å²) < 4.78 is 19.3. The van der Waals surface area contributed by atoms with Crippen LogP contribution in [0, 0.1) is 5.82 Å². The van der Waals surface area contributed by atoms with Gasteiger partial charge < -0.3 is 14.9 Å². The Kier molecular flexibility index (Phi) is 6.11. The molecule has 1 aliphatic heterocycles. The second-order valence-electron chi connectivity index (χ2n) is 8.35. The number of anilines is 1. The van der Waals surface area contributed by atoms with E-state index in [1.807, 2.05) is 26.0 Å². The maximum absolute atomic E-state index is 14.0. The second-order valence-corrected chi connectivity index (χ2v) is 8.35. The first-order valence-corrected chi connectivity index (χ1v) is 10.8. The number of carbonyl (C=O) groups is 2. The molecule has 1 unspecified atom stereocenters. The van der Waals surface area contributed by atoms with Crippen molar-refractivity contribution in [1.29, 1.82) is 0 Å². The highest BCUT2D eigenvalue weighted by Gasteiger charge is 2.47. The number of phenols is 1. The SMILES string of the molecule is COc1ccc(F)cc1/C(O)=C1\C(=O)C(=O)N(c2ccc(C(C)C)cc2)C1c1cccc(O)c1. The molecule has 7 heteroatoms. The molecule has 1 amide bonds. The molecule has 0 aliphatic carbocycles. The van der Waals surface area contributed by atoms with Gasteiger partial charge in [0, 0.05) is 5.69 Å². The highest BCUT2D eigenvalue weighted by atomic mass is 19.1. The van der Waals surface area contributed by atoms with E-state index < -0.39 is 29.3 Å². The third kappa shape index (κ3) is 4.01. The molecule has 0 saturated carbocycles. The summed E-state index contributed by atoms with van der Waals surface area (Å²) in [5, 5.41) is 21.3. The van der Waals surface area contributed by atoms with Crippen LogP contribution >= 0.6 is 0 Å². The van der Waals surface area contributed by atoms with Crippen molar-refractivity contribution in [2.75, 3.05) is 12.0 Å². The van der Waals surface area contributed by atoms with Crippen molar-refractivity contribution in [3.63, 3.8) is 0 Å². The van der Waals surface area contributed by atoms with Crippen LogP contribution in [0.2, 0.25) is 0 Å². The van der Waals surface area contributed by atoms with Crippen molar-refractivity contribution >= 4 is 23.1 Å². The number of hydrogen-bond donors (Lipinski definition) is 2. The number of rotatable bonds is 5. The number of nitrogens with zero attached hydrogens (tertiary/aromatic N) is 1. The topological polar surface area (TPSA) is 87.1 Å². The molecular formula is C27H24FNO5. The summed E-state index contributed by atoms with van der Waals surface area (Å²) in [7, 11) is 1.35. The van der Waals surface area contributed by atoms with Crippen LogP contribution in [0.5, 0.6) is 11.5 Å². The molecule has 0 spiro atoms. The van der Waals surface area contributed by atoms with E-state index in [0.29, 0.717) is 11.3 Å². The van der Waals surface area contributed by atoms with Crippen molar-refractivity contribution in [3.05, 3.63) is 94.8 Å². The summed E-state index contributed by atoms with van der Waals surface area (Å²) in [6.45, 7) is 4.08. The summed E-state index contributed by atoms with van der Waals surface area (Å²) in [6, 6.07) is 15.8. The Morgan fingerprint density at radius 1 is 1.03 bits per heavy atom. The Hall–Kier alpha value is -4.13. The molecule has 1 fully saturated rings. The number of phenolic OH excluding ortho intramolecular Hbond substituents is 1. The first kappa shape index (κ1) is 23.0. The lowest BCUT2D eigenvalue weighted by atomic mass is 9.94. The molecule has 0 radical (unpaired) electrons. The third-order valence-electron chi connectivity index (χ3n) is 5.88. The number of ketones is 1. The van der Waals surface area contributed by atoms with Gasteiger partial charge in [-0.2, -0.15) is 0 Å². The number of methoxy groups -OCH3 is 1. The normalized spacial score (nSPS) is 17.4. The number of Topliss-reactive ketones (excluding diaryl/α,β-unsaturated/α-hetero) is 1. The van der Waals surface area contributed by atoms with Crippen molar-refractivity contribution < 1.29 is 28.9 Å². The number of aliphatic hydroxyl groups is 1. The lowest BCUT2D eigenvalue weighted by Gasteiger charge is -2.26. The van der Waals surface area contributed by atoms with Crippen molar-refractivity contribution in [1.82, 2.24) is 0 Å². The van der Waals surface area contributed by atoms with Gasteiger partial charge >= 0.3 is 0 Å². The van der Waals surface area contributed by atoms with Gasteiger partial charge in [0.15, 0.2) is 0 Å². The van der Waals surface area contributed by atoms with Gasteiger partial charge in [-0.05, 0) is 59.5 Å². The Bertz CT molecular complexity index is 1300. The van der Waals surface area contributed by atoms with E-state index in [1.165, 1.54) is 30.2 Å². The average molecular weight is 461 g/mol. The van der Waals surface area contributed by atoms with Crippen molar-refractivity contribution in [2.45, 2.75) is 25.8 Å². The van der Waals surface area contributed by atoms with E-state index in [2.05, 4.69) is 0 Å². The molecule has 0 aromatic heterocycles. The fourth-order valence-electron chi connectivity index (χ4n) is 4.14. The summed E-state index contributed by atoms with van der Waals surface area (Å²) in [5.74, 6) is -2.64. The molecule has 1 atom stereocenters. The van der Waals surface area contributed by atoms with Crippen LogP contribution in [0.15, 0.2) is 72.3 Å². The third-order valence-corrected chi connectivity index (χ3v) is 5.88. The largest absolute Gasteiger partial charge is 0.508 e. The lowest BCUT2D eigenvalue weighted by molar-refractivity contribution is -0.132. The van der Waals surface area contributed by atoms with Crippen LogP contribution in [0.25, 0.3) is 5.76 Å². The van der Waals surface area contributed by atoms with Gasteiger partial charge in [0.1, 0.15) is 23.1 Å². The predicted octanol–water partition coefficient (Wildman–Crippen LogP) is 5.29. The Morgan fingerprint density at radius 3 is 2.35 bits per heavy atom. The van der Waals surface area contributed by atoms with Crippen LogP contribution in [-0.2, 0) is 9.59 Å². The molecule has 2 N–H and O–H groups in total. The van der Waals surface area contributed by atoms with Gasteiger partial charge in [0.25, 0.3) is 11.7 Å². The summed E-state index contributed by atoms with van der Waals surface area (Å²) in [6.07, 6.45) is 0. The van der Waals surface area contributed by atoms with Gasteiger partial charge in [0.05, 0.1) is 24.3 Å². The summed E-state index contributed by atoms with van der Waals surface area (Å²) in [4.78, 5) is 27.7. The van der Waals surface area contributed by atoms with E-state index in [4.69, 9.17) is 4.74 Å². The first-order valence-electron chi connectivity index (χ1n) is 10.8. The summed E-state index contributed by atoms with van der Waals surface area (Å²) in [5.41, 5.74) is 1.63. The number of benzene rings is 3. The number of aliphatic hydroxyl groups excluding tert-OH is 1. The number of ether oxygens (including phenoxy) is 1. The van der Waals surface area contributed by atoms with E-state index in [-0.39, 0.29) is 28.6 Å². The minimum atomic E-state index is -1.05. The number of hydrogen-bond acceptors (Lipinski definition) is 5. The minimum Gasteiger partial charge on any atom is -0.508 e. The molecule has 4 rings (SSSR count). The zero-order valence-electron chi connectivity index (χ0n) is 18.9. The van der Waals surface area contributed by atoms with Crippen LogP contribution in [0.3, 0.4) is 0 Å². The number of halogens is 1. The van der Waals surface area contributed by atoms with E-state index in [9.17, 15) is 24.2 Å². The first-order chi connectivity index (χ1) is 16.2. The maximum Gasteiger partial charge on any atom is 0.300 e. The molecule has 1 heterocycles. The van der Waals surface area contributed by atoms with E-state index >= 15 is 0 Å². The summed E-state index contributed by atoms with van der Waals surface area (Å²) >= 11 is 0. The monoisotopic (exact) mass is 461 g/mol. The van der Waals surface area contributed by atoms with Crippen molar-refractivity contribution in [2.24, 2.45) is 0 Å². The fourth-order valence-corrected chi connectivity index (χ4v) is 4.14. The van der Waals surface area contributed by atoms with E-state index in [1.54, 1.807) is 24.3 Å². The van der Waals surface area contributed by atoms with Gasteiger partial charge in [-0.15, -0.1) is 0 Å². The predicted molar refractivity (Wildman–Crippen MR) is 126 cm³/mol. The average Bonchev–Trinajstić information content (AvgIpc) is 3.09. The smallest absolute Gasteiger partial charge is 0.300 e. The zero-order valence-corrected chi connectivity index (χ0v) is 18.9. The molecular weight excluding hydrogens is 437 g/mol. The van der Waals surface area contributed by atoms with E-state index in [0.717, 1.165) is 17.7 Å². The maximum atomic E-state index is 14.0. The molecule has 1 saturated heterocycles. The molecule has 6 nitrogen and oxygen atoms in total.